The average Bonchev–Trinajstić information content (AvgIpc) is 2.68. The summed E-state index contributed by atoms with van der Waals surface area (Å²) in [4.78, 5) is 15.4. The van der Waals surface area contributed by atoms with Gasteiger partial charge in [-0.3, -0.25) is 9.78 Å². The van der Waals surface area contributed by atoms with E-state index >= 15 is 0 Å². The molecule has 84 valence electrons. The van der Waals surface area contributed by atoms with Gasteiger partial charge in [0.1, 0.15) is 0 Å². The van der Waals surface area contributed by atoms with Crippen molar-refractivity contribution >= 4 is 11.6 Å². The molecule has 1 N–H and O–H groups in total. The lowest BCUT2D eigenvalue weighted by atomic mass is 10.0. The Labute approximate surface area is 99.5 Å². The van der Waals surface area contributed by atoms with Crippen LogP contribution in [0.25, 0.3) is 11.1 Å². The second-order valence-corrected chi connectivity index (χ2v) is 4.29. The van der Waals surface area contributed by atoms with Crippen molar-refractivity contribution < 1.29 is 4.79 Å². The lowest BCUT2D eigenvalue weighted by molar-refractivity contribution is -0.115. The van der Waals surface area contributed by atoms with Gasteiger partial charge in [-0.2, -0.15) is 0 Å². The monoisotopic (exact) mass is 224 g/mol. The number of pyridine rings is 1. The van der Waals surface area contributed by atoms with Gasteiger partial charge >= 0.3 is 0 Å². The van der Waals surface area contributed by atoms with E-state index in [2.05, 4.69) is 17.2 Å². The van der Waals surface area contributed by atoms with Gasteiger partial charge in [0.2, 0.25) is 5.91 Å². The SMILES string of the molecule is Cc1ccncc1-c1ccc2c(c1)NC(=O)C2. The van der Waals surface area contributed by atoms with Gasteiger partial charge in [0, 0.05) is 23.6 Å². The van der Waals surface area contributed by atoms with Crippen LogP contribution in [-0.4, -0.2) is 10.9 Å². The molecule has 17 heavy (non-hydrogen) atoms. The van der Waals surface area contributed by atoms with Gasteiger partial charge in [0.05, 0.1) is 6.42 Å². The van der Waals surface area contributed by atoms with Crippen LogP contribution in [0.15, 0.2) is 36.7 Å². The molecule has 0 spiro atoms. The number of aromatic nitrogens is 1. The third-order valence-corrected chi connectivity index (χ3v) is 3.09. The first-order valence-corrected chi connectivity index (χ1v) is 5.58. The fourth-order valence-corrected chi connectivity index (χ4v) is 2.15. The zero-order valence-corrected chi connectivity index (χ0v) is 9.53. The van der Waals surface area contributed by atoms with E-state index in [4.69, 9.17) is 0 Å². The summed E-state index contributed by atoms with van der Waals surface area (Å²) in [6.07, 6.45) is 4.13. The van der Waals surface area contributed by atoms with Gasteiger partial charge in [-0.05, 0) is 35.7 Å². The number of hydrogen-bond acceptors (Lipinski definition) is 2. The Morgan fingerprint density at radius 2 is 2.18 bits per heavy atom. The first-order chi connectivity index (χ1) is 8.24. The Morgan fingerprint density at radius 3 is 3.00 bits per heavy atom. The second kappa shape index (κ2) is 3.70. The molecule has 0 saturated heterocycles. The molecule has 0 unspecified atom stereocenters. The van der Waals surface area contributed by atoms with E-state index in [1.54, 1.807) is 6.20 Å². The van der Waals surface area contributed by atoms with E-state index in [9.17, 15) is 4.79 Å². The standard InChI is InChI=1S/C14H12N2O/c1-9-4-5-15-8-12(9)10-2-3-11-7-14(17)16-13(11)6-10/h2-6,8H,7H2,1H3,(H,16,17). The molecule has 0 fully saturated rings. The quantitative estimate of drug-likeness (QED) is 0.808. The maximum Gasteiger partial charge on any atom is 0.228 e. The lowest BCUT2D eigenvalue weighted by Crippen LogP contribution is -2.03. The molecule has 2 aromatic rings. The summed E-state index contributed by atoms with van der Waals surface area (Å²) < 4.78 is 0. The Bertz CT molecular complexity index is 605. The van der Waals surface area contributed by atoms with Gasteiger partial charge in [-0.1, -0.05) is 12.1 Å². The Balaban J connectivity index is 2.09. The molecule has 1 aliphatic rings. The number of nitrogens with one attached hydrogen (secondary N) is 1. The van der Waals surface area contributed by atoms with E-state index < -0.39 is 0 Å². The summed E-state index contributed by atoms with van der Waals surface area (Å²) >= 11 is 0. The number of nitrogens with zero attached hydrogens (tertiary/aromatic N) is 1. The topological polar surface area (TPSA) is 42.0 Å². The molecule has 3 nitrogen and oxygen atoms in total. The fourth-order valence-electron chi connectivity index (χ4n) is 2.15. The second-order valence-electron chi connectivity index (χ2n) is 4.29. The number of carbonyl (C=O) groups is 1. The number of anilines is 1. The minimum Gasteiger partial charge on any atom is -0.326 e. The molecule has 1 aromatic heterocycles. The molecule has 0 saturated carbocycles. The minimum atomic E-state index is 0.0695. The van der Waals surface area contributed by atoms with Crippen LogP contribution in [0.4, 0.5) is 5.69 Å². The van der Waals surface area contributed by atoms with Crippen molar-refractivity contribution in [2.45, 2.75) is 13.3 Å². The highest BCUT2D eigenvalue weighted by Crippen LogP contribution is 2.30. The molecule has 1 aliphatic heterocycles. The molecule has 0 atom stereocenters. The first kappa shape index (κ1) is 10.0. The van der Waals surface area contributed by atoms with Crippen LogP contribution >= 0.6 is 0 Å². The Morgan fingerprint density at radius 1 is 1.29 bits per heavy atom. The highest BCUT2D eigenvalue weighted by atomic mass is 16.1. The highest BCUT2D eigenvalue weighted by molar-refractivity contribution is 6.00. The number of fused-ring (bicyclic) bond motifs is 1. The summed E-state index contributed by atoms with van der Waals surface area (Å²) in [5.74, 6) is 0.0695. The maximum absolute atomic E-state index is 11.3. The molecule has 2 heterocycles. The summed E-state index contributed by atoms with van der Waals surface area (Å²) in [5, 5.41) is 2.87. The van der Waals surface area contributed by atoms with Crippen molar-refractivity contribution in [3.05, 3.63) is 47.8 Å². The van der Waals surface area contributed by atoms with Gasteiger partial charge in [0.15, 0.2) is 0 Å². The molecule has 0 radical (unpaired) electrons. The fraction of sp³-hybridized carbons (Fsp3) is 0.143. The Hall–Kier alpha value is -2.16. The first-order valence-electron chi connectivity index (χ1n) is 5.58. The number of aryl methyl sites for hydroxylation is 1. The largest absolute Gasteiger partial charge is 0.326 e. The van der Waals surface area contributed by atoms with Gasteiger partial charge in [-0.25, -0.2) is 0 Å². The minimum absolute atomic E-state index is 0.0695. The number of amides is 1. The van der Waals surface area contributed by atoms with Gasteiger partial charge in [0.25, 0.3) is 0 Å². The smallest absolute Gasteiger partial charge is 0.228 e. The number of carbonyl (C=O) groups excluding carboxylic acids is 1. The Kier molecular flexibility index (Phi) is 2.18. The van der Waals surface area contributed by atoms with Crippen molar-refractivity contribution in [1.29, 1.82) is 0 Å². The molecule has 1 aromatic carbocycles. The van der Waals surface area contributed by atoms with Crippen LogP contribution in [0, 0.1) is 6.92 Å². The third-order valence-electron chi connectivity index (χ3n) is 3.09. The predicted molar refractivity (Wildman–Crippen MR) is 66.7 cm³/mol. The number of rotatable bonds is 1. The third kappa shape index (κ3) is 1.69. The normalized spacial score (nSPS) is 13.4. The van der Waals surface area contributed by atoms with E-state index in [1.165, 1.54) is 5.56 Å². The van der Waals surface area contributed by atoms with E-state index in [0.717, 1.165) is 22.4 Å². The van der Waals surface area contributed by atoms with Crippen LogP contribution in [0.2, 0.25) is 0 Å². The van der Waals surface area contributed by atoms with E-state index in [1.807, 2.05) is 30.5 Å². The van der Waals surface area contributed by atoms with Crippen LogP contribution < -0.4 is 5.32 Å². The summed E-state index contributed by atoms with van der Waals surface area (Å²) in [5.41, 5.74) is 5.38. The van der Waals surface area contributed by atoms with Crippen molar-refractivity contribution in [3.63, 3.8) is 0 Å². The lowest BCUT2D eigenvalue weighted by Gasteiger charge is -2.07. The van der Waals surface area contributed by atoms with Crippen molar-refractivity contribution in [3.8, 4) is 11.1 Å². The van der Waals surface area contributed by atoms with E-state index in [-0.39, 0.29) is 5.91 Å². The zero-order chi connectivity index (χ0) is 11.8. The summed E-state index contributed by atoms with van der Waals surface area (Å²) in [6.45, 7) is 2.06. The van der Waals surface area contributed by atoms with E-state index in [0.29, 0.717) is 6.42 Å². The van der Waals surface area contributed by atoms with Gasteiger partial charge in [-0.15, -0.1) is 0 Å². The van der Waals surface area contributed by atoms with Gasteiger partial charge < -0.3 is 5.32 Å². The van der Waals surface area contributed by atoms with Crippen LogP contribution in [0.5, 0.6) is 0 Å². The zero-order valence-electron chi connectivity index (χ0n) is 9.53. The maximum atomic E-state index is 11.3. The summed E-state index contributed by atoms with van der Waals surface area (Å²) in [7, 11) is 0. The van der Waals surface area contributed by atoms with Crippen LogP contribution in [-0.2, 0) is 11.2 Å². The van der Waals surface area contributed by atoms with Crippen molar-refractivity contribution in [1.82, 2.24) is 4.98 Å². The molecular weight excluding hydrogens is 212 g/mol. The van der Waals surface area contributed by atoms with Crippen LogP contribution in [0.1, 0.15) is 11.1 Å². The summed E-state index contributed by atoms with van der Waals surface area (Å²) in [6, 6.07) is 8.06. The highest BCUT2D eigenvalue weighted by Gasteiger charge is 2.17. The average molecular weight is 224 g/mol. The predicted octanol–water partition coefficient (Wildman–Crippen LogP) is 2.55. The number of hydrogen-bond donors (Lipinski definition) is 1. The molecule has 0 aliphatic carbocycles. The van der Waals surface area contributed by atoms with Crippen molar-refractivity contribution in [2.75, 3.05) is 5.32 Å². The molecular formula is C14H12N2O. The van der Waals surface area contributed by atoms with Crippen LogP contribution in [0.3, 0.4) is 0 Å². The molecule has 3 heteroatoms. The molecule has 0 bridgehead atoms. The molecule has 3 rings (SSSR count). The molecule has 1 amide bonds. The number of benzene rings is 1. The van der Waals surface area contributed by atoms with Crippen molar-refractivity contribution in [2.24, 2.45) is 0 Å².